The van der Waals surface area contributed by atoms with Gasteiger partial charge in [0, 0.05) is 18.3 Å². The quantitative estimate of drug-likeness (QED) is 0.339. The van der Waals surface area contributed by atoms with Gasteiger partial charge in [-0.3, -0.25) is 9.10 Å². The Bertz CT molecular complexity index is 1450. The molecule has 0 spiro atoms. The van der Waals surface area contributed by atoms with Crippen molar-refractivity contribution in [2.45, 2.75) is 18.7 Å². The Labute approximate surface area is 205 Å². The molecule has 178 valence electrons. The van der Waals surface area contributed by atoms with E-state index < -0.39 is 15.9 Å². The minimum Gasteiger partial charge on any atom is -0.457 e. The van der Waals surface area contributed by atoms with Crippen LogP contribution < -0.4 is 14.4 Å². The molecule has 0 aliphatic rings. The van der Waals surface area contributed by atoms with E-state index >= 15 is 0 Å². The predicted octanol–water partition coefficient (Wildman–Crippen LogP) is 6.17. The molecule has 6 nitrogen and oxygen atoms in total. The topological polar surface area (TPSA) is 75.7 Å². The number of amides is 1. The first kappa shape index (κ1) is 24.0. The maximum atomic E-state index is 13.1. The monoisotopic (exact) mass is 486 g/mol. The second-order valence-electron chi connectivity index (χ2n) is 8.23. The van der Waals surface area contributed by atoms with Crippen molar-refractivity contribution in [1.29, 1.82) is 0 Å². The van der Waals surface area contributed by atoms with Crippen LogP contribution >= 0.6 is 0 Å². The van der Waals surface area contributed by atoms with Crippen molar-refractivity contribution >= 4 is 27.3 Å². The first-order valence-corrected chi connectivity index (χ1v) is 12.5. The van der Waals surface area contributed by atoms with Crippen molar-refractivity contribution in [2.24, 2.45) is 0 Å². The van der Waals surface area contributed by atoms with Gasteiger partial charge in [0.15, 0.2) is 0 Å². The zero-order chi connectivity index (χ0) is 25.0. The molecule has 0 aliphatic carbocycles. The van der Waals surface area contributed by atoms with E-state index in [2.05, 4.69) is 5.32 Å². The van der Waals surface area contributed by atoms with E-state index in [0.29, 0.717) is 17.1 Å². The summed E-state index contributed by atoms with van der Waals surface area (Å²) in [5, 5.41) is 2.80. The number of hydrogen-bond donors (Lipinski definition) is 1. The predicted molar refractivity (Wildman–Crippen MR) is 139 cm³/mol. The Kier molecular flexibility index (Phi) is 6.89. The molecule has 0 saturated carbocycles. The van der Waals surface area contributed by atoms with Crippen molar-refractivity contribution in [3.05, 3.63) is 114 Å². The smallest absolute Gasteiger partial charge is 0.264 e. The molecule has 35 heavy (non-hydrogen) atoms. The molecule has 0 bridgehead atoms. The van der Waals surface area contributed by atoms with E-state index in [9.17, 15) is 13.2 Å². The first-order chi connectivity index (χ1) is 16.7. The fraction of sp³-hybridized carbons (Fsp3) is 0.107. The van der Waals surface area contributed by atoms with Gasteiger partial charge in [-0.25, -0.2) is 8.42 Å². The molecule has 0 radical (unpaired) electrons. The van der Waals surface area contributed by atoms with Gasteiger partial charge in [0.2, 0.25) is 0 Å². The average Bonchev–Trinajstić information content (AvgIpc) is 2.85. The summed E-state index contributed by atoms with van der Waals surface area (Å²) < 4.78 is 33.3. The van der Waals surface area contributed by atoms with Crippen LogP contribution in [0.3, 0.4) is 0 Å². The number of hydrogen-bond acceptors (Lipinski definition) is 4. The molecule has 0 atom stereocenters. The van der Waals surface area contributed by atoms with E-state index in [1.54, 1.807) is 48.5 Å². The molecule has 0 fully saturated rings. The highest BCUT2D eigenvalue weighted by Crippen LogP contribution is 2.25. The number of carbonyl (C=O) groups excluding carboxylic acids is 1. The summed E-state index contributed by atoms with van der Waals surface area (Å²) in [5.74, 6) is 0.962. The molecule has 0 saturated heterocycles. The van der Waals surface area contributed by atoms with E-state index in [4.69, 9.17) is 4.74 Å². The van der Waals surface area contributed by atoms with Crippen LogP contribution in [0.4, 0.5) is 11.4 Å². The van der Waals surface area contributed by atoms with Gasteiger partial charge in [-0.15, -0.1) is 0 Å². The second kappa shape index (κ2) is 10.0. The molecule has 4 aromatic carbocycles. The molecule has 4 aromatic rings. The maximum Gasteiger partial charge on any atom is 0.264 e. The van der Waals surface area contributed by atoms with E-state index in [0.717, 1.165) is 16.9 Å². The third kappa shape index (κ3) is 5.70. The summed E-state index contributed by atoms with van der Waals surface area (Å²) in [6.45, 7) is 3.93. The van der Waals surface area contributed by atoms with E-state index in [1.807, 2.05) is 50.2 Å². The Morgan fingerprint density at radius 2 is 1.46 bits per heavy atom. The Hall–Kier alpha value is -4.10. The highest BCUT2D eigenvalue weighted by Gasteiger charge is 2.22. The van der Waals surface area contributed by atoms with Crippen molar-refractivity contribution in [3.63, 3.8) is 0 Å². The van der Waals surface area contributed by atoms with Crippen LogP contribution in [0.25, 0.3) is 0 Å². The molecule has 0 heterocycles. The fourth-order valence-corrected chi connectivity index (χ4v) is 4.72. The third-order valence-electron chi connectivity index (χ3n) is 5.49. The number of anilines is 2. The largest absolute Gasteiger partial charge is 0.457 e. The Morgan fingerprint density at radius 3 is 2.14 bits per heavy atom. The maximum absolute atomic E-state index is 13.1. The highest BCUT2D eigenvalue weighted by atomic mass is 32.2. The lowest BCUT2D eigenvalue weighted by Gasteiger charge is -2.20. The lowest BCUT2D eigenvalue weighted by atomic mass is 10.2. The molecule has 0 unspecified atom stereocenters. The number of aryl methyl sites for hydroxylation is 2. The van der Waals surface area contributed by atoms with E-state index in [1.165, 1.54) is 23.5 Å². The second-order valence-corrected chi connectivity index (χ2v) is 10.2. The molecule has 7 heteroatoms. The molecule has 1 N–H and O–H groups in total. The summed E-state index contributed by atoms with van der Waals surface area (Å²) in [4.78, 5) is 12.9. The van der Waals surface area contributed by atoms with Gasteiger partial charge in [-0.05, 0) is 86.1 Å². The number of rotatable bonds is 7. The number of benzene rings is 4. The van der Waals surface area contributed by atoms with Gasteiger partial charge in [0.05, 0.1) is 10.6 Å². The zero-order valence-corrected chi connectivity index (χ0v) is 20.5. The zero-order valence-electron chi connectivity index (χ0n) is 19.7. The standard InChI is InChI=1S/C28H26N2O4S/c1-20-10-14-24(15-11-20)30(3)35(32,33)27-9-5-7-22(19-27)28(31)29-23-12-16-25(17-13-23)34-26-8-4-6-21(2)18-26/h4-19H,1-3H3,(H,29,31). The van der Waals surface area contributed by atoms with Crippen LogP contribution in [0.15, 0.2) is 102 Å². The number of ether oxygens (including phenoxy) is 1. The normalized spacial score (nSPS) is 11.1. The molecule has 4 rings (SSSR count). The van der Waals surface area contributed by atoms with Crippen LogP contribution in [0.5, 0.6) is 11.5 Å². The highest BCUT2D eigenvalue weighted by molar-refractivity contribution is 7.92. The number of nitrogens with one attached hydrogen (secondary N) is 1. The number of sulfonamides is 1. The number of carbonyl (C=O) groups is 1. The van der Waals surface area contributed by atoms with Crippen molar-refractivity contribution < 1.29 is 17.9 Å². The average molecular weight is 487 g/mol. The Morgan fingerprint density at radius 1 is 0.771 bits per heavy atom. The minimum atomic E-state index is -3.84. The van der Waals surface area contributed by atoms with Crippen LogP contribution in [0.1, 0.15) is 21.5 Å². The van der Waals surface area contributed by atoms with Gasteiger partial charge in [-0.1, -0.05) is 35.9 Å². The van der Waals surface area contributed by atoms with E-state index in [-0.39, 0.29) is 10.5 Å². The molecular weight excluding hydrogens is 460 g/mol. The van der Waals surface area contributed by atoms with Crippen LogP contribution in [0, 0.1) is 13.8 Å². The number of nitrogens with zero attached hydrogens (tertiary/aromatic N) is 1. The molecule has 0 aliphatic heterocycles. The lowest BCUT2D eigenvalue weighted by Crippen LogP contribution is -2.26. The van der Waals surface area contributed by atoms with Crippen LogP contribution in [-0.4, -0.2) is 21.4 Å². The lowest BCUT2D eigenvalue weighted by molar-refractivity contribution is 0.102. The van der Waals surface area contributed by atoms with Gasteiger partial charge in [0.1, 0.15) is 11.5 Å². The van der Waals surface area contributed by atoms with Crippen molar-refractivity contribution in [1.82, 2.24) is 0 Å². The van der Waals surface area contributed by atoms with Crippen LogP contribution in [-0.2, 0) is 10.0 Å². The SMILES string of the molecule is Cc1ccc(N(C)S(=O)(=O)c2cccc(C(=O)Nc3ccc(Oc4cccc(C)c4)cc3)c2)cc1. The van der Waals surface area contributed by atoms with Gasteiger partial charge < -0.3 is 10.1 Å². The third-order valence-corrected chi connectivity index (χ3v) is 7.27. The van der Waals surface area contributed by atoms with Crippen molar-refractivity contribution in [3.8, 4) is 11.5 Å². The van der Waals surface area contributed by atoms with Crippen molar-refractivity contribution in [2.75, 3.05) is 16.7 Å². The van der Waals surface area contributed by atoms with Gasteiger partial charge in [-0.2, -0.15) is 0 Å². The summed E-state index contributed by atoms with van der Waals surface area (Å²) in [5.41, 5.74) is 3.48. The summed E-state index contributed by atoms with van der Waals surface area (Å²) in [7, 11) is -2.34. The first-order valence-electron chi connectivity index (χ1n) is 11.0. The summed E-state index contributed by atoms with van der Waals surface area (Å²) in [6, 6.07) is 27.9. The van der Waals surface area contributed by atoms with Crippen LogP contribution in [0.2, 0.25) is 0 Å². The van der Waals surface area contributed by atoms with Gasteiger partial charge >= 0.3 is 0 Å². The summed E-state index contributed by atoms with van der Waals surface area (Å²) >= 11 is 0. The molecule has 1 amide bonds. The molecular formula is C28H26N2O4S. The Balaban J connectivity index is 1.47. The fourth-order valence-electron chi connectivity index (χ4n) is 3.47. The molecule has 0 aromatic heterocycles. The summed E-state index contributed by atoms with van der Waals surface area (Å²) in [6.07, 6.45) is 0. The van der Waals surface area contributed by atoms with Gasteiger partial charge in [0.25, 0.3) is 15.9 Å². The minimum absolute atomic E-state index is 0.0372.